The van der Waals surface area contributed by atoms with E-state index in [1.54, 1.807) is 20.8 Å². The van der Waals surface area contributed by atoms with Crippen LogP contribution in [0.4, 0.5) is 21.9 Å². The maximum absolute atomic E-state index is 13.3. The van der Waals surface area contributed by atoms with E-state index in [9.17, 15) is 28.4 Å². The minimum Gasteiger partial charge on any atom is -0.464 e. The number of anilines is 2. The Balaban J connectivity index is 2.19. The summed E-state index contributed by atoms with van der Waals surface area (Å²) in [6, 6.07) is 9.14. The molecule has 33 heavy (non-hydrogen) atoms. The van der Waals surface area contributed by atoms with Crippen LogP contribution in [0.1, 0.15) is 20.8 Å². The average Bonchev–Trinajstić information content (AvgIpc) is 3.12. The summed E-state index contributed by atoms with van der Waals surface area (Å²) in [5.41, 5.74) is -0.460. The topological polar surface area (TPSA) is 143 Å². The molecule has 0 radical (unpaired) electrons. The van der Waals surface area contributed by atoms with Gasteiger partial charge in [0.05, 0.1) is 26.1 Å². The van der Waals surface area contributed by atoms with Crippen LogP contribution in [0.3, 0.4) is 0 Å². The molecular weight excluding hydrogens is 536 g/mol. The molecular formula is C20H19BrN4O6S2. The molecule has 3 rings (SSSR count). The van der Waals surface area contributed by atoms with Gasteiger partial charge in [-0.25, -0.2) is 27.8 Å². The van der Waals surface area contributed by atoms with E-state index >= 15 is 0 Å². The molecule has 2 aromatic carbocycles. The zero-order chi connectivity index (χ0) is 24.6. The first kappa shape index (κ1) is 24.8. The highest BCUT2D eigenvalue weighted by Crippen LogP contribution is 2.37. The zero-order valence-electron chi connectivity index (χ0n) is 17.6. The largest absolute Gasteiger partial charge is 0.464 e. The Labute approximate surface area is 202 Å². The molecule has 1 amide bonds. The molecule has 0 bridgehead atoms. The molecule has 3 aromatic rings. The van der Waals surface area contributed by atoms with Gasteiger partial charge in [-0.3, -0.25) is 10.1 Å². The van der Waals surface area contributed by atoms with Crippen molar-refractivity contribution < 1.29 is 23.2 Å². The van der Waals surface area contributed by atoms with Crippen molar-refractivity contribution in [3.63, 3.8) is 0 Å². The molecule has 0 unspecified atom stereocenters. The Morgan fingerprint density at radius 2 is 1.79 bits per heavy atom. The number of non-ortho nitro benzene ring substituents is 1. The molecule has 10 nitrogen and oxygen atoms in total. The number of benzene rings is 2. The summed E-state index contributed by atoms with van der Waals surface area (Å²) in [5, 5.41) is 20.8. The van der Waals surface area contributed by atoms with Crippen molar-refractivity contribution in [1.29, 1.82) is 0 Å². The quantitative estimate of drug-likeness (QED) is 0.307. The third kappa shape index (κ3) is 5.74. The van der Waals surface area contributed by atoms with Gasteiger partial charge in [-0.1, -0.05) is 6.07 Å². The van der Waals surface area contributed by atoms with Gasteiger partial charge < -0.3 is 5.11 Å². The molecule has 0 aliphatic carbocycles. The van der Waals surface area contributed by atoms with Crippen molar-refractivity contribution >= 4 is 60.4 Å². The van der Waals surface area contributed by atoms with Crippen LogP contribution in [0, 0.1) is 10.1 Å². The molecule has 0 fully saturated rings. The lowest BCUT2D eigenvalue weighted by Gasteiger charge is -2.24. The summed E-state index contributed by atoms with van der Waals surface area (Å²) in [6.45, 7) is 5.08. The molecule has 0 atom stereocenters. The molecule has 0 spiro atoms. The summed E-state index contributed by atoms with van der Waals surface area (Å²) >= 11 is 4.49. The molecule has 0 saturated carbocycles. The first-order valence-corrected chi connectivity index (χ1v) is 12.4. The first-order valence-electron chi connectivity index (χ1n) is 9.36. The van der Waals surface area contributed by atoms with Crippen LogP contribution in [-0.2, 0) is 10.0 Å². The van der Waals surface area contributed by atoms with Crippen molar-refractivity contribution in [2.24, 2.45) is 0 Å². The summed E-state index contributed by atoms with van der Waals surface area (Å²) in [5.74, 6) is 0. The number of halogens is 1. The van der Waals surface area contributed by atoms with E-state index in [0.29, 0.717) is 14.4 Å². The van der Waals surface area contributed by atoms with E-state index < -0.39 is 26.6 Å². The SMILES string of the molecule is CC(C)(C)NS(=O)(=O)c1cc(N(C(=O)O)c2ccc([N+](=O)[O-])cc2)ccc1-c1cnc(Br)s1. The minimum atomic E-state index is -4.06. The van der Waals surface area contributed by atoms with Gasteiger partial charge in [0.1, 0.15) is 0 Å². The fourth-order valence-electron chi connectivity index (χ4n) is 3.00. The molecule has 0 aliphatic heterocycles. The number of carbonyl (C=O) groups is 1. The van der Waals surface area contributed by atoms with Crippen molar-refractivity contribution in [2.75, 3.05) is 4.90 Å². The van der Waals surface area contributed by atoms with E-state index in [1.807, 2.05) is 0 Å². The number of hydrogen-bond donors (Lipinski definition) is 2. The van der Waals surface area contributed by atoms with Gasteiger partial charge in [0.25, 0.3) is 5.69 Å². The van der Waals surface area contributed by atoms with Gasteiger partial charge >= 0.3 is 6.09 Å². The monoisotopic (exact) mass is 554 g/mol. The summed E-state index contributed by atoms with van der Waals surface area (Å²) in [6.07, 6.45) is 0.134. The van der Waals surface area contributed by atoms with Gasteiger partial charge in [0.2, 0.25) is 10.0 Å². The summed E-state index contributed by atoms with van der Waals surface area (Å²) in [7, 11) is -4.06. The number of nitrogens with one attached hydrogen (secondary N) is 1. The Morgan fingerprint density at radius 3 is 2.27 bits per heavy atom. The highest BCUT2D eigenvalue weighted by molar-refractivity contribution is 9.11. The Hall–Kier alpha value is -2.87. The molecule has 0 saturated heterocycles. The van der Waals surface area contributed by atoms with Crippen molar-refractivity contribution in [1.82, 2.24) is 9.71 Å². The fraction of sp³-hybridized carbons (Fsp3) is 0.200. The number of hydrogen-bond acceptors (Lipinski definition) is 7. The number of nitro benzene ring substituents is 1. The van der Waals surface area contributed by atoms with E-state index in [1.165, 1.54) is 60.0 Å². The highest BCUT2D eigenvalue weighted by Gasteiger charge is 2.28. The molecule has 174 valence electrons. The smallest absolute Gasteiger partial charge is 0.416 e. The van der Waals surface area contributed by atoms with E-state index in [-0.39, 0.29) is 22.0 Å². The lowest BCUT2D eigenvalue weighted by Crippen LogP contribution is -2.40. The number of nitro groups is 1. The predicted octanol–water partition coefficient (Wildman–Crippen LogP) is 5.37. The number of rotatable bonds is 6. The Bertz CT molecular complexity index is 1320. The number of nitrogens with zero attached hydrogens (tertiary/aromatic N) is 3. The van der Waals surface area contributed by atoms with Gasteiger partial charge in [-0.15, -0.1) is 11.3 Å². The van der Waals surface area contributed by atoms with E-state index in [4.69, 9.17) is 0 Å². The Kier molecular flexibility index (Phi) is 6.88. The molecule has 2 N–H and O–H groups in total. The predicted molar refractivity (Wildman–Crippen MR) is 129 cm³/mol. The maximum Gasteiger partial charge on any atom is 0.416 e. The minimum absolute atomic E-state index is 0.0537. The number of carboxylic acid groups (broad SMARTS) is 1. The third-order valence-electron chi connectivity index (χ3n) is 4.21. The number of thiazole rings is 1. The lowest BCUT2D eigenvalue weighted by molar-refractivity contribution is -0.384. The van der Waals surface area contributed by atoms with Gasteiger partial charge in [0, 0.05) is 29.4 Å². The van der Waals surface area contributed by atoms with Gasteiger partial charge in [-0.05, 0) is 61.0 Å². The molecule has 0 aliphatic rings. The van der Waals surface area contributed by atoms with Crippen LogP contribution < -0.4 is 9.62 Å². The van der Waals surface area contributed by atoms with Crippen LogP contribution in [0.15, 0.2) is 57.5 Å². The average molecular weight is 555 g/mol. The molecule has 13 heteroatoms. The maximum atomic E-state index is 13.3. The summed E-state index contributed by atoms with van der Waals surface area (Å²) in [4.78, 5) is 27.8. The fourth-order valence-corrected chi connectivity index (χ4v) is 6.03. The van der Waals surface area contributed by atoms with Gasteiger partial charge in [0.15, 0.2) is 3.92 Å². The lowest BCUT2D eigenvalue weighted by atomic mass is 10.1. The molecule has 1 aromatic heterocycles. The van der Waals surface area contributed by atoms with Crippen molar-refractivity contribution in [2.45, 2.75) is 31.2 Å². The third-order valence-corrected chi connectivity index (χ3v) is 7.51. The standard InChI is InChI=1S/C20H19BrN4O6S2/c1-20(2,3)23-33(30,31)17-10-14(8-9-15(17)16-11-22-18(21)32-16)24(19(26)27)12-4-6-13(7-5-12)25(28)29/h4-11,23H,1-3H3,(H,26,27). The second kappa shape index (κ2) is 9.17. The van der Waals surface area contributed by atoms with Crippen molar-refractivity contribution in [3.05, 3.63) is 62.7 Å². The number of amides is 1. The zero-order valence-corrected chi connectivity index (χ0v) is 20.9. The van der Waals surface area contributed by atoms with E-state index in [0.717, 1.165) is 4.90 Å². The Morgan fingerprint density at radius 1 is 1.18 bits per heavy atom. The van der Waals surface area contributed by atoms with Crippen LogP contribution in [-0.4, -0.2) is 35.1 Å². The summed E-state index contributed by atoms with van der Waals surface area (Å²) < 4.78 is 29.7. The van der Waals surface area contributed by atoms with Crippen LogP contribution in [0.25, 0.3) is 10.4 Å². The van der Waals surface area contributed by atoms with Crippen LogP contribution >= 0.6 is 27.3 Å². The normalized spacial score (nSPS) is 11.9. The number of aromatic nitrogens is 1. The van der Waals surface area contributed by atoms with Crippen LogP contribution in [0.2, 0.25) is 0 Å². The second-order valence-electron chi connectivity index (χ2n) is 7.90. The number of sulfonamides is 1. The van der Waals surface area contributed by atoms with Crippen LogP contribution in [0.5, 0.6) is 0 Å². The van der Waals surface area contributed by atoms with Crippen molar-refractivity contribution in [3.8, 4) is 10.4 Å². The highest BCUT2D eigenvalue weighted by atomic mass is 79.9. The van der Waals surface area contributed by atoms with E-state index in [2.05, 4.69) is 25.6 Å². The van der Waals surface area contributed by atoms with Gasteiger partial charge in [-0.2, -0.15) is 0 Å². The first-order chi connectivity index (χ1) is 15.3. The second-order valence-corrected chi connectivity index (χ2v) is 11.9. The molecule has 1 heterocycles.